The molecule has 2 amide bonds. The first kappa shape index (κ1) is 31.7. The van der Waals surface area contributed by atoms with Crippen molar-refractivity contribution < 1.29 is 18.0 Å². The second-order valence-corrected chi connectivity index (χ2v) is 12.6. The molecule has 0 heterocycles. The van der Waals surface area contributed by atoms with Crippen molar-refractivity contribution in [3.8, 4) is 0 Å². The van der Waals surface area contributed by atoms with Crippen molar-refractivity contribution >= 4 is 62.3 Å². The van der Waals surface area contributed by atoms with Crippen molar-refractivity contribution in [2.24, 2.45) is 0 Å². The number of aryl methyl sites for hydroxylation is 1. The average molecular weight is 625 g/mol. The van der Waals surface area contributed by atoms with Gasteiger partial charge in [0.1, 0.15) is 12.6 Å². The lowest BCUT2D eigenvalue weighted by molar-refractivity contribution is -0.139. The first-order chi connectivity index (χ1) is 18.9. The summed E-state index contributed by atoms with van der Waals surface area (Å²) >= 11 is 19.1. The molecule has 0 saturated carbocycles. The smallest absolute Gasteiger partial charge is 0.264 e. The number of hydrogen-bond donors (Lipinski definition) is 1. The van der Waals surface area contributed by atoms with Gasteiger partial charge in [-0.2, -0.15) is 0 Å². The van der Waals surface area contributed by atoms with E-state index in [4.69, 9.17) is 34.8 Å². The number of sulfonamides is 1. The Labute approximate surface area is 251 Å². The third-order valence-electron chi connectivity index (χ3n) is 6.55. The molecule has 3 aromatic carbocycles. The molecule has 0 aromatic heterocycles. The average Bonchev–Trinajstić information content (AvgIpc) is 2.92. The predicted octanol–water partition coefficient (Wildman–Crippen LogP) is 6.48. The number of anilines is 1. The Morgan fingerprint density at radius 3 is 2.15 bits per heavy atom. The molecule has 7 nitrogen and oxygen atoms in total. The number of hydrogen-bond acceptors (Lipinski definition) is 4. The van der Waals surface area contributed by atoms with Crippen LogP contribution in [0.15, 0.2) is 71.6 Å². The lowest BCUT2D eigenvalue weighted by Crippen LogP contribution is -2.52. The second kappa shape index (κ2) is 13.7. The number of amides is 2. The maximum Gasteiger partial charge on any atom is 0.264 e. The largest absolute Gasteiger partial charge is 0.352 e. The first-order valence-electron chi connectivity index (χ1n) is 12.7. The van der Waals surface area contributed by atoms with Crippen LogP contribution >= 0.6 is 34.8 Å². The third-order valence-corrected chi connectivity index (χ3v) is 9.51. The van der Waals surface area contributed by atoms with Crippen molar-refractivity contribution in [2.75, 3.05) is 10.8 Å². The molecule has 0 aliphatic carbocycles. The van der Waals surface area contributed by atoms with E-state index in [1.54, 1.807) is 49.4 Å². The standard InChI is InChI=1S/C29H32Cl3N3O4S/c1-5-20(3)33-29(37)21(4)34(17-22-9-6-7-10-24(22)30)27(36)18-35(26-12-8-11-25(31)28(26)32)40(38,39)23-15-13-19(2)14-16-23/h6-16,20-21H,5,17-18H2,1-4H3,(H,33,37)/t20-,21+/m1/s1. The Kier molecular flexibility index (Phi) is 10.9. The van der Waals surface area contributed by atoms with E-state index in [0.29, 0.717) is 17.0 Å². The minimum atomic E-state index is -4.27. The number of benzene rings is 3. The zero-order valence-electron chi connectivity index (χ0n) is 22.7. The molecule has 0 bridgehead atoms. The molecule has 11 heteroatoms. The van der Waals surface area contributed by atoms with Gasteiger partial charge >= 0.3 is 0 Å². The van der Waals surface area contributed by atoms with Crippen LogP contribution in [0.25, 0.3) is 0 Å². The van der Waals surface area contributed by atoms with Gasteiger partial charge in [-0.25, -0.2) is 8.42 Å². The topological polar surface area (TPSA) is 86.8 Å². The molecule has 0 aliphatic heterocycles. The van der Waals surface area contributed by atoms with Crippen molar-refractivity contribution in [2.45, 2.75) is 57.6 Å². The van der Waals surface area contributed by atoms with Crippen LogP contribution in [0.1, 0.15) is 38.3 Å². The molecule has 3 aromatic rings. The van der Waals surface area contributed by atoms with Crippen molar-refractivity contribution in [1.29, 1.82) is 0 Å². The molecule has 1 N–H and O–H groups in total. The highest BCUT2D eigenvalue weighted by Crippen LogP contribution is 2.35. The molecule has 40 heavy (non-hydrogen) atoms. The zero-order chi connectivity index (χ0) is 29.6. The maximum absolute atomic E-state index is 14.0. The van der Waals surface area contributed by atoms with E-state index in [2.05, 4.69) is 5.32 Å². The van der Waals surface area contributed by atoms with Gasteiger partial charge in [0.2, 0.25) is 11.8 Å². The molecule has 0 aliphatic rings. The van der Waals surface area contributed by atoms with Crippen LogP contribution in [-0.4, -0.2) is 43.8 Å². The van der Waals surface area contributed by atoms with Gasteiger partial charge in [0.25, 0.3) is 10.0 Å². The van der Waals surface area contributed by atoms with E-state index in [1.807, 2.05) is 20.8 Å². The number of rotatable bonds is 11. The normalized spacial score (nSPS) is 12.9. The minimum absolute atomic E-state index is 0.0186. The van der Waals surface area contributed by atoms with Crippen molar-refractivity contribution in [3.63, 3.8) is 0 Å². The third kappa shape index (κ3) is 7.49. The maximum atomic E-state index is 14.0. The highest BCUT2D eigenvalue weighted by atomic mass is 35.5. The lowest BCUT2D eigenvalue weighted by atomic mass is 10.1. The van der Waals surface area contributed by atoms with Crippen LogP contribution in [0, 0.1) is 6.92 Å². The Hall–Kier alpha value is -2.78. The Morgan fingerprint density at radius 2 is 1.52 bits per heavy atom. The SMILES string of the molecule is CC[C@@H](C)NC(=O)[C@H](C)N(Cc1ccccc1Cl)C(=O)CN(c1cccc(Cl)c1Cl)S(=O)(=O)c1ccc(C)cc1. The quantitative estimate of drug-likeness (QED) is 0.265. The molecule has 0 saturated heterocycles. The highest BCUT2D eigenvalue weighted by Gasteiger charge is 2.34. The predicted molar refractivity (Wildman–Crippen MR) is 162 cm³/mol. The molecule has 0 unspecified atom stereocenters. The molecule has 214 valence electrons. The minimum Gasteiger partial charge on any atom is -0.352 e. The summed E-state index contributed by atoms with van der Waals surface area (Å²) in [6, 6.07) is 16.7. The summed E-state index contributed by atoms with van der Waals surface area (Å²) in [4.78, 5) is 28.4. The fourth-order valence-corrected chi connectivity index (χ4v) is 5.96. The van der Waals surface area contributed by atoms with E-state index in [9.17, 15) is 18.0 Å². The molecular weight excluding hydrogens is 593 g/mol. The van der Waals surface area contributed by atoms with E-state index < -0.39 is 28.5 Å². The summed E-state index contributed by atoms with van der Waals surface area (Å²) in [5.41, 5.74) is 1.52. The zero-order valence-corrected chi connectivity index (χ0v) is 25.8. The molecule has 0 fully saturated rings. The second-order valence-electron chi connectivity index (χ2n) is 9.50. The fourth-order valence-electron chi connectivity index (χ4n) is 3.89. The van der Waals surface area contributed by atoms with Gasteiger partial charge in [-0.15, -0.1) is 0 Å². The molecule has 3 rings (SSSR count). The van der Waals surface area contributed by atoms with Gasteiger partial charge in [0.05, 0.1) is 20.6 Å². The Bertz CT molecular complexity index is 1470. The van der Waals surface area contributed by atoms with Gasteiger partial charge in [0.15, 0.2) is 0 Å². The van der Waals surface area contributed by atoms with Crippen LogP contribution in [0.5, 0.6) is 0 Å². The van der Waals surface area contributed by atoms with Crippen LogP contribution in [0.3, 0.4) is 0 Å². The van der Waals surface area contributed by atoms with Crippen LogP contribution in [-0.2, 0) is 26.2 Å². The van der Waals surface area contributed by atoms with E-state index in [1.165, 1.54) is 29.2 Å². The fraction of sp³-hybridized carbons (Fsp3) is 0.310. The van der Waals surface area contributed by atoms with Crippen LogP contribution < -0.4 is 9.62 Å². The monoisotopic (exact) mass is 623 g/mol. The summed E-state index contributed by atoms with van der Waals surface area (Å²) in [7, 11) is -4.27. The highest BCUT2D eigenvalue weighted by molar-refractivity contribution is 7.92. The summed E-state index contributed by atoms with van der Waals surface area (Å²) in [6.45, 7) is 6.57. The number of carbonyl (C=O) groups excluding carboxylic acids is 2. The van der Waals surface area contributed by atoms with E-state index in [-0.39, 0.29) is 39.1 Å². The number of nitrogens with zero attached hydrogens (tertiary/aromatic N) is 2. The van der Waals surface area contributed by atoms with Crippen molar-refractivity contribution in [1.82, 2.24) is 10.2 Å². The van der Waals surface area contributed by atoms with Crippen LogP contribution in [0.4, 0.5) is 5.69 Å². The van der Waals surface area contributed by atoms with Gasteiger partial charge in [-0.3, -0.25) is 13.9 Å². The van der Waals surface area contributed by atoms with Crippen LogP contribution in [0.2, 0.25) is 15.1 Å². The Morgan fingerprint density at radius 1 is 0.900 bits per heavy atom. The van der Waals surface area contributed by atoms with Gasteiger partial charge < -0.3 is 10.2 Å². The lowest BCUT2D eigenvalue weighted by Gasteiger charge is -2.33. The molecular formula is C29H32Cl3N3O4S. The summed E-state index contributed by atoms with van der Waals surface area (Å²) in [6.07, 6.45) is 0.701. The molecule has 0 spiro atoms. The Balaban J connectivity index is 2.08. The van der Waals surface area contributed by atoms with Gasteiger partial charge in [0, 0.05) is 17.6 Å². The number of carbonyl (C=O) groups is 2. The summed E-state index contributed by atoms with van der Waals surface area (Å²) < 4.78 is 28.8. The summed E-state index contributed by atoms with van der Waals surface area (Å²) in [5, 5.41) is 3.41. The number of nitrogens with one attached hydrogen (secondary N) is 1. The van der Waals surface area contributed by atoms with Crippen molar-refractivity contribution in [3.05, 3.63) is 92.9 Å². The van der Waals surface area contributed by atoms with E-state index >= 15 is 0 Å². The van der Waals surface area contributed by atoms with Gasteiger partial charge in [-0.1, -0.05) is 83.7 Å². The molecule has 2 atom stereocenters. The van der Waals surface area contributed by atoms with Gasteiger partial charge in [-0.05, 0) is 63.1 Å². The first-order valence-corrected chi connectivity index (χ1v) is 15.3. The van der Waals surface area contributed by atoms with E-state index in [0.717, 1.165) is 9.87 Å². The summed E-state index contributed by atoms with van der Waals surface area (Å²) in [5.74, 6) is -0.998. The molecule has 0 radical (unpaired) electrons. The number of halogens is 3.